The Morgan fingerprint density at radius 3 is 2.52 bits per heavy atom. The van der Waals surface area contributed by atoms with Crippen LogP contribution >= 0.6 is 0 Å². The Hall–Kier alpha value is -7.33. The summed E-state index contributed by atoms with van der Waals surface area (Å²) in [6, 6.07) is 4.71. The number of rotatable bonds is 13. The minimum absolute atomic E-state index is 0.00580. The lowest BCUT2D eigenvalue weighted by atomic mass is 10.0. The van der Waals surface area contributed by atoms with Gasteiger partial charge in [-0.05, 0) is 43.9 Å². The van der Waals surface area contributed by atoms with Crippen LogP contribution in [0.4, 0.5) is 42.0 Å². The number of alkyl halides is 2. The average molecular weight is 918 g/mol. The summed E-state index contributed by atoms with van der Waals surface area (Å²) < 4.78 is 51.2. The number of methoxy groups -OCH3 is 1. The number of nitrogens with one attached hydrogen (secondary N) is 5. The van der Waals surface area contributed by atoms with Gasteiger partial charge in [0.15, 0.2) is 5.82 Å². The van der Waals surface area contributed by atoms with Gasteiger partial charge < -0.3 is 40.7 Å². The van der Waals surface area contributed by atoms with E-state index in [0.717, 1.165) is 28.7 Å². The second-order valence-electron chi connectivity index (χ2n) is 16.6. The normalized spacial score (nSPS) is 20.5. The zero-order valence-electron chi connectivity index (χ0n) is 35.9. The molecule has 2 atom stereocenters. The van der Waals surface area contributed by atoms with E-state index in [1.54, 1.807) is 0 Å². The zero-order chi connectivity index (χ0) is 47.0. The van der Waals surface area contributed by atoms with Gasteiger partial charge in [-0.15, -0.1) is 0 Å². The molecule has 2 saturated heterocycles. The first-order valence-electron chi connectivity index (χ1n) is 21.4. The van der Waals surface area contributed by atoms with E-state index in [1.165, 1.54) is 54.4 Å². The Morgan fingerprint density at radius 1 is 1.00 bits per heavy atom. The van der Waals surface area contributed by atoms with Crippen molar-refractivity contribution in [3.63, 3.8) is 0 Å². The summed E-state index contributed by atoms with van der Waals surface area (Å²) in [4.78, 5) is 116. The first kappa shape index (κ1) is 45.2. The molecule has 5 N–H and O–H groups in total. The fraction of sp³-hybridized carbons (Fsp3) is 0.442. The number of benzene rings is 2. The highest BCUT2D eigenvalue weighted by atomic mass is 19.3. The van der Waals surface area contributed by atoms with Gasteiger partial charge in [-0.2, -0.15) is 13.8 Å². The van der Waals surface area contributed by atoms with Crippen molar-refractivity contribution < 1.29 is 56.3 Å². The van der Waals surface area contributed by atoms with Crippen molar-refractivity contribution in [1.82, 2.24) is 35.7 Å². The number of fused-ring (bicyclic) bond motifs is 2. The summed E-state index contributed by atoms with van der Waals surface area (Å²) in [5, 5.41) is 13.2. The largest absolute Gasteiger partial charge is 0.495 e. The number of hydrogen-bond donors (Lipinski definition) is 5. The SMILES string of the molecule is COc1cc(C(=O)N[C@H]2CCN(C(=O)CCNC(=O)CNc3cccc4c3C(=O)N(C3CCC(=O)NC3=O)C4=O)C2)c(F)cc1Nc1ncc2c(n1)N(C1CCCC1)CC(F)(F)C(=O)N2C. The van der Waals surface area contributed by atoms with Crippen LogP contribution in [0.5, 0.6) is 5.75 Å². The molecule has 1 aliphatic carbocycles. The van der Waals surface area contributed by atoms with Gasteiger partial charge in [0.25, 0.3) is 23.6 Å². The van der Waals surface area contributed by atoms with Crippen molar-refractivity contribution in [2.24, 2.45) is 0 Å². The number of likely N-dealkylation sites (tertiary alicyclic amines) is 1. The van der Waals surface area contributed by atoms with Crippen LogP contribution in [0.25, 0.3) is 0 Å². The maximum atomic E-state index is 15.6. The molecule has 3 fully saturated rings. The summed E-state index contributed by atoms with van der Waals surface area (Å²) in [5.41, 5.74) is 0.0193. The molecule has 0 bridgehead atoms. The van der Waals surface area contributed by atoms with Gasteiger partial charge in [0.2, 0.25) is 29.6 Å². The molecular formula is C43H46F3N11O9. The van der Waals surface area contributed by atoms with Crippen molar-refractivity contribution in [3.05, 3.63) is 59.0 Å². The summed E-state index contributed by atoms with van der Waals surface area (Å²) in [6.07, 6.45) is 4.48. The van der Waals surface area contributed by atoms with Gasteiger partial charge in [-0.1, -0.05) is 18.9 Å². The van der Waals surface area contributed by atoms with Crippen molar-refractivity contribution >= 4 is 76.1 Å². The third-order valence-corrected chi connectivity index (χ3v) is 12.4. The van der Waals surface area contributed by atoms with Crippen LogP contribution in [-0.2, 0) is 24.0 Å². The monoisotopic (exact) mass is 917 g/mol. The Balaban J connectivity index is 0.825. The van der Waals surface area contributed by atoms with Crippen LogP contribution in [-0.4, -0.2) is 138 Å². The van der Waals surface area contributed by atoms with Crippen LogP contribution in [0, 0.1) is 5.82 Å². The van der Waals surface area contributed by atoms with Gasteiger partial charge in [-0.3, -0.25) is 48.6 Å². The van der Waals surface area contributed by atoms with E-state index in [-0.39, 0.29) is 109 Å². The molecule has 8 rings (SSSR count). The van der Waals surface area contributed by atoms with E-state index in [2.05, 4.69) is 36.6 Å². The van der Waals surface area contributed by atoms with Crippen LogP contribution in [0.2, 0.25) is 0 Å². The fourth-order valence-electron chi connectivity index (χ4n) is 8.95. The third-order valence-electron chi connectivity index (χ3n) is 12.4. The number of carbonyl (C=O) groups excluding carboxylic acids is 8. The van der Waals surface area contributed by atoms with E-state index in [4.69, 9.17) is 4.74 Å². The van der Waals surface area contributed by atoms with Crippen LogP contribution in [0.3, 0.4) is 0 Å². The zero-order valence-corrected chi connectivity index (χ0v) is 35.9. The number of carbonyl (C=O) groups is 8. The summed E-state index contributed by atoms with van der Waals surface area (Å²) in [6.45, 7) is -0.792. The molecular weight excluding hydrogens is 872 g/mol. The smallest absolute Gasteiger partial charge is 0.342 e. The highest BCUT2D eigenvalue weighted by Crippen LogP contribution is 2.40. The lowest BCUT2D eigenvalue weighted by molar-refractivity contribution is -0.140. The number of halogens is 3. The molecule has 0 spiro atoms. The number of imide groups is 2. The van der Waals surface area contributed by atoms with E-state index in [1.807, 2.05) is 0 Å². The molecule has 20 nitrogen and oxygen atoms in total. The molecule has 8 amide bonds. The van der Waals surface area contributed by atoms with Crippen molar-refractivity contribution in [3.8, 4) is 5.75 Å². The van der Waals surface area contributed by atoms with Crippen LogP contribution in [0.1, 0.15) is 82.4 Å². The molecule has 66 heavy (non-hydrogen) atoms. The van der Waals surface area contributed by atoms with Gasteiger partial charge in [-0.25, -0.2) is 9.37 Å². The van der Waals surface area contributed by atoms with Gasteiger partial charge >= 0.3 is 5.92 Å². The van der Waals surface area contributed by atoms with E-state index in [9.17, 15) is 38.4 Å². The van der Waals surface area contributed by atoms with Gasteiger partial charge in [0, 0.05) is 63.4 Å². The molecule has 1 unspecified atom stereocenters. The standard InChI is InChI=1S/C43H46F3N11O9/c1-54-30-18-49-42(53-36(30)56(23-6-3-4-7-23)21-43(45,46)41(54)65)51-28-17-26(44)25(16-31(28)66-2)37(61)50-22-13-15-55(20-22)34(60)12-14-47-33(59)19-48-27-9-5-8-24-35(27)40(64)57(39(24)63)29-10-11-32(58)52-38(29)62/h5,8-9,16-18,22-23,29,48H,3-4,6-7,10-15,19-21H2,1-2H3,(H,47,59)(H,50,61)(H,49,51,53)(H,52,58,62)/t22-,29?/m0/s1. The highest BCUT2D eigenvalue weighted by Gasteiger charge is 2.49. The van der Waals surface area contributed by atoms with Crippen molar-refractivity contribution in [1.29, 1.82) is 0 Å². The Bertz CT molecular complexity index is 2540. The average Bonchev–Trinajstić information content (AvgIpc) is 4.04. The van der Waals surface area contributed by atoms with Crippen molar-refractivity contribution in [2.75, 3.05) is 67.3 Å². The van der Waals surface area contributed by atoms with Crippen LogP contribution < -0.4 is 41.1 Å². The molecule has 4 aliphatic heterocycles. The topological polar surface area (TPSA) is 245 Å². The number of anilines is 5. The fourth-order valence-corrected chi connectivity index (χ4v) is 8.95. The second kappa shape index (κ2) is 18.3. The quantitative estimate of drug-likeness (QED) is 0.154. The first-order valence-corrected chi connectivity index (χ1v) is 21.4. The Kier molecular flexibility index (Phi) is 12.5. The summed E-state index contributed by atoms with van der Waals surface area (Å²) in [7, 11) is 2.54. The molecule has 5 aliphatic rings. The predicted molar refractivity (Wildman–Crippen MR) is 228 cm³/mol. The number of aromatic nitrogens is 2. The lowest BCUT2D eigenvalue weighted by Gasteiger charge is -2.31. The number of ether oxygens (including phenoxy) is 1. The second-order valence-corrected chi connectivity index (χ2v) is 16.6. The number of piperidine rings is 1. The molecule has 1 saturated carbocycles. The van der Waals surface area contributed by atoms with Gasteiger partial charge in [0.1, 0.15) is 23.3 Å². The summed E-state index contributed by atoms with van der Waals surface area (Å²) in [5.74, 6) is -10.1. The lowest BCUT2D eigenvalue weighted by Crippen LogP contribution is -2.54. The predicted octanol–water partition coefficient (Wildman–Crippen LogP) is 2.08. The van der Waals surface area contributed by atoms with E-state index in [0.29, 0.717) is 19.3 Å². The minimum atomic E-state index is -3.67. The highest BCUT2D eigenvalue weighted by molar-refractivity contribution is 6.25. The molecule has 23 heteroatoms. The Morgan fingerprint density at radius 2 is 1.77 bits per heavy atom. The number of nitrogens with zero attached hydrogens (tertiary/aromatic N) is 6. The van der Waals surface area contributed by atoms with Gasteiger partial charge in [0.05, 0.1) is 48.8 Å². The Labute approximate surface area is 375 Å². The number of hydrogen-bond acceptors (Lipinski definition) is 14. The molecule has 5 heterocycles. The van der Waals surface area contributed by atoms with E-state index >= 15 is 13.2 Å². The molecule has 348 valence electrons. The molecule has 3 aromatic rings. The minimum Gasteiger partial charge on any atom is -0.495 e. The molecule has 0 radical (unpaired) electrons. The maximum absolute atomic E-state index is 15.6. The van der Waals surface area contributed by atoms with Crippen molar-refractivity contribution in [2.45, 2.75) is 75.4 Å². The van der Waals surface area contributed by atoms with Crippen LogP contribution in [0.15, 0.2) is 36.5 Å². The van der Waals surface area contributed by atoms with E-state index < -0.39 is 71.7 Å². The first-order chi connectivity index (χ1) is 31.5. The maximum Gasteiger partial charge on any atom is 0.342 e. The molecule has 2 aromatic carbocycles. The summed E-state index contributed by atoms with van der Waals surface area (Å²) >= 11 is 0. The third kappa shape index (κ3) is 8.88. The molecule has 1 aromatic heterocycles. The number of amides is 8.